The number of nitrogens with zero attached hydrogens (tertiary/aromatic N) is 5. The second kappa shape index (κ2) is 11.5. The van der Waals surface area contributed by atoms with E-state index in [1.165, 1.54) is 23.1 Å². The number of aromatic nitrogens is 1. The van der Waals surface area contributed by atoms with E-state index >= 15 is 0 Å². The number of rotatable bonds is 8. The highest BCUT2D eigenvalue weighted by atomic mass is 35.5. The fourth-order valence-corrected chi connectivity index (χ4v) is 6.03. The van der Waals surface area contributed by atoms with Gasteiger partial charge in [-0.3, -0.25) is 9.78 Å². The van der Waals surface area contributed by atoms with Crippen LogP contribution >= 0.6 is 11.6 Å². The number of piperazine rings is 1. The minimum atomic E-state index is -3.75. The van der Waals surface area contributed by atoms with Crippen molar-refractivity contribution in [3.05, 3.63) is 77.6 Å². The Kier molecular flexibility index (Phi) is 8.36. The van der Waals surface area contributed by atoms with E-state index in [-0.39, 0.29) is 23.8 Å². The van der Waals surface area contributed by atoms with Gasteiger partial charge in [-0.25, -0.2) is 12.7 Å². The van der Waals surface area contributed by atoms with Gasteiger partial charge in [-0.05, 0) is 61.0 Å². The zero-order valence-electron chi connectivity index (χ0n) is 21.3. The first-order valence-electron chi connectivity index (χ1n) is 12.2. The molecule has 1 saturated heterocycles. The number of amides is 1. The molecule has 1 amide bonds. The van der Waals surface area contributed by atoms with Crippen molar-refractivity contribution in [1.82, 2.24) is 9.29 Å². The normalized spacial score (nSPS) is 14.2. The van der Waals surface area contributed by atoms with E-state index in [9.17, 15) is 13.2 Å². The summed E-state index contributed by atoms with van der Waals surface area (Å²) >= 11 is 6.10. The SMILES string of the molecule is Cc1c(Cl)cccc1S(=O)(=O)N(C)CCC(=O)N(C)c1ccc(N2CCN(c3ccncc3)CC2)cc1. The van der Waals surface area contributed by atoms with Crippen LogP contribution in [-0.2, 0) is 14.8 Å². The van der Waals surface area contributed by atoms with Crippen LogP contribution in [0.4, 0.5) is 17.1 Å². The first-order chi connectivity index (χ1) is 17.7. The second-order valence-corrected chi connectivity index (χ2v) is 11.5. The van der Waals surface area contributed by atoms with E-state index in [0.29, 0.717) is 10.6 Å². The summed E-state index contributed by atoms with van der Waals surface area (Å²) in [5, 5.41) is 0.393. The summed E-state index contributed by atoms with van der Waals surface area (Å²) in [6.07, 6.45) is 3.69. The van der Waals surface area contributed by atoms with Crippen molar-refractivity contribution in [3.63, 3.8) is 0 Å². The lowest BCUT2D eigenvalue weighted by atomic mass is 10.2. The number of hydrogen-bond acceptors (Lipinski definition) is 6. The van der Waals surface area contributed by atoms with E-state index in [4.69, 9.17) is 11.6 Å². The maximum Gasteiger partial charge on any atom is 0.243 e. The third-order valence-electron chi connectivity index (χ3n) is 6.83. The minimum Gasteiger partial charge on any atom is -0.368 e. The number of benzene rings is 2. The minimum absolute atomic E-state index is 0.0601. The lowest BCUT2D eigenvalue weighted by Gasteiger charge is -2.37. The molecule has 1 aliphatic heterocycles. The molecule has 1 aromatic heterocycles. The van der Waals surface area contributed by atoms with Gasteiger partial charge in [0.05, 0.1) is 4.90 Å². The zero-order chi connectivity index (χ0) is 26.6. The highest BCUT2D eigenvalue weighted by molar-refractivity contribution is 7.89. The van der Waals surface area contributed by atoms with E-state index in [2.05, 4.69) is 14.8 Å². The monoisotopic (exact) mass is 541 g/mol. The molecule has 0 aliphatic carbocycles. The van der Waals surface area contributed by atoms with Gasteiger partial charge in [-0.2, -0.15) is 0 Å². The third-order valence-corrected chi connectivity index (χ3v) is 9.24. The Morgan fingerprint density at radius 3 is 2.08 bits per heavy atom. The Labute approximate surface area is 224 Å². The molecule has 37 heavy (non-hydrogen) atoms. The van der Waals surface area contributed by atoms with E-state index < -0.39 is 10.0 Å². The molecule has 10 heteroatoms. The summed E-state index contributed by atoms with van der Waals surface area (Å²) in [5.41, 5.74) is 3.56. The van der Waals surface area contributed by atoms with Crippen LogP contribution in [0.2, 0.25) is 5.02 Å². The average Bonchev–Trinajstić information content (AvgIpc) is 2.93. The summed E-state index contributed by atoms with van der Waals surface area (Å²) in [7, 11) is -0.565. The molecule has 1 fully saturated rings. The van der Waals surface area contributed by atoms with Crippen molar-refractivity contribution in [2.24, 2.45) is 0 Å². The van der Waals surface area contributed by atoms with Crippen molar-refractivity contribution in [2.45, 2.75) is 18.2 Å². The van der Waals surface area contributed by atoms with Crippen LogP contribution in [0.3, 0.4) is 0 Å². The summed E-state index contributed by atoms with van der Waals surface area (Å²) in [6, 6.07) is 16.8. The molecule has 0 atom stereocenters. The summed E-state index contributed by atoms with van der Waals surface area (Å²) in [6.45, 7) is 5.40. The molecule has 2 heterocycles. The molecule has 8 nitrogen and oxygen atoms in total. The van der Waals surface area contributed by atoms with Crippen molar-refractivity contribution in [1.29, 1.82) is 0 Å². The van der Waals surface area contributed by atoms with Crippen molar-refractivity contribution in [3.8, 4) is 0 Å². The van der Waals surface area contributed by atoms with Crippen LogP contribution in [0.1, 0.15) is 12.0 Å². The zero-order valence-corrected chi connectivity index (χ0v) is 22.9. The van der Waals surface area contributed by atoms with Crippen LogP contribution in [0, 0.1) is 6.92 Å². The standard InChI is InChI=1S/C27H32ClN5O3S/c1-21-25(28)5-4-6-26(21)37(35,36)30(2)16-13-27(34)31(3)22-7-9-23(10-8-22)32-17-19-33(20-18-32)24-11-14-29-15-12-24/h4-12,14-15H,13,16-20H2,1-3H3. The molecular weight excluding hydrogens is 510 g/mol. The number of pyridine rings is 1. The highest BCUT2D eigenvalue weighted by Crippen LogP contribution is 2.26. The summed E-state index contributed by atoms with van der Waals surface area (Å²) in [5.74, 6) is -0.163. The van der Waals surface area contributed by atoms with Gasteiger partial charge in [0, 0.05) is 87.7 Å². The Hall–Kier alpha value is -3.14. The number of sulfonamides is 1. The Balaban J connectivity index is 1.32. The molecule has 0 saturated carbocycles. The Morgan fingerprint density at radius 2 is 1.49 bits per heavy atom. The van der Waals surface area contributed by atoms with Gasteiger partial charge in [0.1, 0.15) is 0 Å². The fraction of sp³-hybridized carbons (Fsp3) is 0.333. The van der Waals surface area contributed by atoms with Crippen LogP contribution < -0.4 is 14.7 Å². The van der Waals surface area contributed by atoms with Gasteiger partial charge in [-0.1, -0.05) is 17.7 Å². The largest absolute Gasteiger partial charge is 0.368 e. The third kappa shape index (κ3) is 6.06. The topological polar surface area (TPSA) is 77.1 Å². The molecule has 4 rings (SSSR count). The van der Waals surface area contributed by atoms with Gasteiger partial charge < -0.3 is 14.7 Å². The van der Waals surface area contributed by atoms with Gasteiger partial charge in [0.2, 0.25) is 15.9 Å². The Morgan fingerprint density at radius 1 is 0.919 bits per heavy atom. The molecule has 2 aromatic carbocycles. The molecule has 0 unspecified atom stereocenters. The van der Waals surface area contributed by atoms with Crippen LogP contribution in [0.15, 0.2) is 71.9 Å². The summed E-state index contributed by atoms with van der Waals surface area (Å²) in [4.78, 5) is 23.3. The maximum atomic E-state index is 13.0. The number of carbonyl (C=O) groups excluding carboxylic acids is 1. The van der Waals surface area contributed by atoms with E-state index in [1.54, 1.807) is 31.0 Å². The van der Waals surface area contributed by atoms with E-state index in [1.807, 2.05) is 48.8 Å². The first kappa shape index (κ1) is 26.9. The molecule has 0 N–H and O–H groups in total. The van der Waals surface area contributed by atoms with Gasteiger partial charge in [-0.15, -0.1) is 0 Å². The van der Waals surface area contributed by atoms with Gasteiger partial charge in [0.15, 0.2) is 0 Å². The molecule has 0 spiro atoms. The van der Waals surface area contributed by atoms with Crippen molar-refractivity contribution < 1.29 is 13.2 Å². The van der Waals surface area contributed by atoms with Crippen molar-refractivity contribution in [2.75, 3.05) is 61.5 Å². The molecule has 3 aromatic rings. The number of carbonyl (C=O) groups is 1. The van der Waals surface area contributed by atoms with Gasteiger partial charge in [0.25, 0.3) is 0 Å². The molecule has 0 radical (unpaired) electrons. The first-order valence-corrected chi connectivity index (χ1v) is 14.0. The molecular formula is C27H32ClN5O3S. The quantitative estimate of drug-likeness (QED) is 0.428. The lowest BCUT2D eigenvalue weighted by molar-refractivity contribution is -0.118. The second-order valence-electron chi connectivity index (χ2n) is 9.09. The van der Waals surface area contributed by atoms with Gasteiger partial charge >= 0.3 is 0 Å². The molecule has 196 valence electrons. The van der Waals surface area contributed by atoms with Crippen LogP contribution in [0.5, 0.6) is 0 Å². The Bertz CT molecular complexity index is 1330. The molecule has 0 bridgehead atoms. The molecule has 1 aliphatic rings. The number of hydrogen-bond donors (Lipinski definition) is 0. The van der Waals surface area contributed by atoms with Crippen LogP contribution in [-0.4, -0.2) is 70.4 Å². The predicted octanol–water partition coefficient (Wildman–Crippen LogP) is 4.04. The maximum absolute atomic E-state index is 13.0. The number of anilines is 3. The lowest BCUT2D eigenvalue weighted by Crippen LogP contribution is -2.46. The van der Waals surface area contributed by atoms with E-state index in [0.717, 1.165) is 37.6 Å². The smallest absolute Gasteiger partial charge is 0.243 e. The number of halogens is 1. The predicted molar refractivity (Wildman–Crippen MR) is 149 cm³/mol. The van der Waals surface area contributed by atoms with Crippen LogP contribution in [0.25, 0.3) is 0 Å². The highest BCUT2D eigenvalue weighted by Gasteiger charge is 2.25. The average molecular weight is 542 g/mol. The fourth-order valence-electron chi connectivity index (χ4n) is 4.38. The van der Waals surface area contributed by atoms with Crippen molar-refractivity contribution >= 4 is 44.6 Å². The summed E-state index contributed by atoms with van der Waals surface area (Å²) < 4.78 is 27.2.